The molecule has 1 saturated carbocycles. The second-order valence-corrected chi connectivity index (χ2v) is 5.68. The normalized spacial score (nSPS) is 22.2. The van der Waals surface area contributed by atoms with Gasteiger partial charge in [-0.25, -0.2) is 0 Å². The van der Waals surface area contributed by atoms with Crippen molar-refractivity contribution in [3.63, 3.8) is 0 Å². The van der Waals surface area contributed by atoms with Gasteiger partial charge in [0.1, 0.15) is 0 Å². The zero-order valence-corrected chi connectivity index (χ0v) is 11.5. The molecule has 2 N–H and O–H groups in total. The number of nitrogens with one attached hydrogen (secondary N) is 2. The quantitative estimate of drug-likeness (QED) is 0.735. The first-order valence-corrected chi connectivity index (χ1v) is 7.53. The summed E-state index contributed by atoms with van der Waals surface area (Å²) in [5, 5.41) is 7.09. The number of rotatable bonds is 7. The molecule has 0 amide bonds. The van der Waals surface area contributed by atoms with E-state index in [2.05, 4.69) is 34.9 Å². The van der Waals surface area contributed by atoms with Gasteiger partial charge in [-0.15, -0.1) is 0 Å². The molecule has 1 aromatic rings. The second kappa shape index (κ2) is 6.51. The highest BCUT2D eigenvalue weighted by atomic mass is 16.5. The van der Waals surface area contributed by atoms with Gasteiger partial charge >= 0.3 is 0 Å². The van der Waals surface area contributed by atoms with Gasteiger partial charge in [-0.1, -0.05) is 24.3 Å². The highest BCUT2D eigenvalue weighted by Crippen LogP contribution is 2.28. The summed E-state index contributed by atoms with van der Waals surface area (Å²) < 4.78 is 5.63. The minimum Gasteiger partial charge on any atom is -0.380 e. The SMILES string of the molecule is c1ccc2c(c1)CCNC2CNCCOCC1CC1. The van der Waals surface area contributed by atoms with Gasteiger partial charge in [0.15, 0.2) is 0 Å². The standard InChI is InChI=1S/C16H24N2O/c1-2-4-15-14(3-1)7-8-18-16(15)11-17-9-10-19-12-13-5-6-13/h1-4,13,16-18H,5-12H2. The molecule has 1 aliphatic heterocycles. The summed E-state index contributed by atoms with van der Waals surface area (Å²) in [5.74, 6) is 0.867. The van der Waals surface area contributed by atoms with Gasteiger partial charge in [-0.2, -0.15) is 0 Å². The third-order valence-corrected chi connectivity index (χ3v) is 4.04. The van der Waals surface area contributed by atoms with Gasteiger partial charge in [0, 0.05) is 25.7 Å². The van der Waals surface area contributed by atoms with Crippen LogP contribution in [0.25, 0.3) is 0 Å². The van der Waals surface area contributed by atoms with Gasteiger partial charge in [0.25, 0.3) is 0 Å². The summed E-state index contributed by atoms with van der Waals surface area (Å²) in [5.41, 5.74) is 2.96. The monoisotopic (exact) mass is 260 g/mol. The molecule has 0 saturated heterocycles. The van der Waals surface area contributed by atoms with E-state index in [0.717, 1.165) is 45.2 Å². The zero-order chi connectivity index (χ0) is 12.9. The Morgan fingerprint density at radius 2 is 2.16 bits per heavy atom. The van der Waals surface area contributed by atoms with Crippen molar-refractivity contribution in [3.8, 4) is 0 Å². The van der Waals surface area contributed by atoms with E-state index in [1.807, 2.05) is 0 Å². The van der Waals surface area contributed by atoms with E-state index < -0.39 is 0 Å². The Labute approximate surface area is 115 Å². The van der Waals surface area contributed by atoms with E-state index in [0.29, 0.717) is 6.04 Å². The molecule has 104 valence electrons. The van der Waals surface area contributed by atoms with Crippen molar-refractivity contribution < 1.29 is 4.74 Å². The number of fused-ring (bicyclic) bond motifs is 1. The lowest BCUT2D eigenvalue weighted by molar-refractivity contribution is 0.125. The predicted octanol–water partition coefficient (Wildman–Crippen LogP) is 1.89. The average molecular weight is 260 g/mol. The van der Waals surface area contributed by atoms with Crippen LogP contribution in [0, 0.1) is 5.92 Å². The summed E-state index contributed by atoms with van der Waals surface area (Å²) in [7, 11) is 0. The first kappa shape index (κ1) is 13.1. The number of benzene rings is 1. The van der Waals surface area contributed by atoms with E-state index in [9.17, 15) is 0 Å². The van der Waals surface area contributed by atoms with E-state index in [4.69, 9.17) is 4.74 Å². The fourth-order valence-corrected chi connectivity index (χ4v) is 2.70. The molecule has 1 heterocycles. The van der Waals surface area contributed by atoms with Crippen LogP contribution in [0.1, 0.15) is 30.0 Å². The third kappa shape index (κ3) is 3.78. The molecule has 0 spiro atoms. The Morgan fingerprint density at radius 3 is 3.05 bits per heavy atom. The van der Waals surface area contributed by atoms with E-state index in [1.165, 1.54) is 24.0 Å². The zero-order valence-electron chi connectivity index (χ0n) is 11.5. The summed E-state index contributed by atoms with van der Waals surface area (Å²) >= 11 is 0. The molecule has 0 radical (unpaired) electrons. The Morgan fingerprint density at radius 1 is 1.26 bits per heavy atom. The molecule has 1 fully saturated rings. The predicted molar refractivity (Wildman–Crippen MR) is 77.3 cm³/mol. The van der Waals surface area contributed by atoms with Crippen LogP contribution < -0.4 is 10.6 Å². The van der Waals surface area contributed by atoms with Crippen molar-refractivity contribution in [2.24, 2.45) is 5.92 Å². The fraction of sp³-hybridized carbons (Fsp3) is 0.625. The van der Waals surface area contributed by atoms with Crippen LogP contribution >= 0.6 is 0 Å². The molecule has 3 heteroatoms. The Balaban J connectivity index is 1.38. The van der Waals surface area contributed by atoms with Crippen molar-refractivity contribution in [1.82, 2.24) is 10.6 Å². The van der Waals surface area contributed by atoms with Crippen LogP contribution in [-0.4, -0.2) is 32.8 Å². The molecule has 0 aromatic heterocycles. The molecular weight excluding hydrogens is 236 g/mol. The van der Waals surface area contributed by atoms with Gasteiger partial charge in [0.2, 0.25) is 0 Å². The van der Waals surface area contributed by atoms with Gasteiger partial charge in [-0.3, -0.25) is 0 Å². The van der Waals surface area contributed by atoms with E-state index in [-0.39, 0.29) is 0 Å². The Hall–Kier alpha value is -0.900. The summed E-state index contributed by atoms with van der Waals surface area (Å²) in [4.78, 5) is 0. The lowest BCUT2D eigenvalue weighted by Crippen LogP contribution is -2.37. The minimum absolute atomic E-state index is 0.452. The molecule has 3 nitrogen and oxygen atoms in total. The molecule has 1 unspecified atom stereocenters. The molecule has 1 aromatic carbocycles. The second-order valence-electron chi connectivity index (χ2n) is 5.68. The fourth-order valence-electron chi connectivity index (χ4n) is 2.70. The van der Waals surface area contributed by atoms with Gasteiger partial charge in [0.05, 0.1) is 6.61 Å². The van der Waals surface area contributed by atoms with Crippen molar-refractivity contribution >= 4 is 0 Å². The molecular formula is C16H24N2O. The number of hydrogen-bond acceptors (Lipinski definition) is 3. The van der Waals surface area contributed by atoms with Crippen molar-refractivity contribution in [1.29, 1.82) is 0 Å². The lowest BCUT2D eigenvalue weighted by Gasteiger charge is -2.27. The van der Waals surface area contributed by atoms with E-state index >= 15 is 0 Å². The van der Waals surface area contributed by atoms with Crippen LogP contribution in [0.3, 0.4) is 0 Å². The first-order valence-electron chi connectivity index (χ1n) is 7.53. The minimum atomic E-state index is 0.452. The number of ether oxygens (including phenoxy) is 1. The molecule has 0 bridgehead atoms. The summed E-state index contributed by atoms with van der Waals surface area (Å²) in [6, 6.07) is 9.23. The Kier molecular flexibility index (Phi) is 4.49. The van der Waals surface area contributed by atoms with Crippen LogP contribution in [0.2, 0.25) is 0 Å². The van der Waals surface area contributed by atoms with Crippen LogP contribution in [0.15, 0.2) is 24.3 Å². The smallest absolute Gasteiger partial charge is 0.0591 e. The maximum atomic E-state index is 5.63. The molecule has 3 rings (SSSR count). The van der Waals surface area contributed by atoms with Crippen LogP contribution in [0.5, 0.6) is 0 Å². The molecule has 1 atom stereocenters. The maximum absolute atomic E-state index is 5.63. The van der Waals surface area contributed by atoms with E-state index in [1.54, 1.807) is 0 Å². The van der Waals surface area contributed by atoms with Crippen molar-refractivity contribution in [3.05, 3.63) is 35.4 Å². The van der Waals surface area contributed by atoms with Crippen LogP contribution in [-0.2, 0) is 11.2 Å². The van der Waals surface area contributed by atoms with Crippen LogP contribution in [0.4, 0.5) is 0 Å². The molecule has 1 aliphatic carbocycles. The third-order valence-electron chi connectivity index (χ3n) is 4.04. The van der Waals surface area contributed by atoms with Crippen molar-refractivity contribution in [2.75, 3.05) is 32.8 Å². The number of hydrogen-bond donors (Lipinski definition) is 2. The highest BCUT2D eigenvalue weighted by molar-refractivity contribution is 5.32. The first-order chi connectivity index (χ1) is 9.43. The maximum Gasteiger partial charge on any atom is 0.0591 e. The van der Waals surface area contributed by atoms with Gasteiger partial charge in [-0.05, 0) is 42.9 Å². The average Bonchev–Trinajstić information content (AvgIpc) is 3.27. The largest absolute Gasteiger partial charge is 0.380 e. The molecule has 19 heavy (non-hydrogen) atoms. The topological polar surface area (TPSA) is 33.3 Å². The van der Waals surface area contributed by atoms with Gasteiger partial charge < -0.3 is 15.4 Å². The summed E-state index contributed by atoms with van der Waals surface area (Å²) in [6.45, 7) is 4.83. The highest BCUT2D eigenvalue weighted by Gasteiger charge is 2.21. The van der Waals surface area contributed by atoms with Crippen molar-refractivity contribution in [2.45, 2.75) is 25.3 Å². The Bertz CT molecular complexity index is 403. The lowest BCUT2D eigenvalue weighted by atomic mass is 9.94. The molecule has 2 aliphatic rings. The summed E-state index contributed by atoms with van der Waals surface area (Å²) in [6.07, 6.45) is 3.89.